The minimum Gasteiger partial charge on any atom is -0.463 e. The minimum atomic E-state index is -0.578. The minimum absolute atomic E-state index is 0.0231. The number of halogens is 1. The molecule has 8 heteroatoms. The Morgan fingerprint density at radius 1 is 1.05 bits per heavy atom. The summed E-state index contributed by atoms with van der Waals surface area (Å²) < 4.78 is 19.5. The molecule has 1 fully saturated rings. The first-order valence-corrected chi connectivity index (χ1v) is 13.2. The van der Waals surface area contributed by atoms with Gasteiger partial charge in [-0.2, -0.15) is 0 Å². The zero-order chi connectivity index (χ0) is 25.8. The standard InChI is InChI=1S/C29H26FN3O3S/c1-2-36-28(35)24-25(19-9-4-3-5-10-19)32-29-33(17-8-18-37-29)26(24)20-13-15-21(16-14-20)31-27(34)22-11-6-7-12-23(22)30/h3-7,9-16,26H,2,8,17-18H2,1H3,(H,31,34). The number of amidine groups is 1. The molecule has 2 aliphatic heterocycles. The molecule has 3 aromatic rings. The summed E-state index contributed by atoms with van der Waals surface area (Å²) in [6.07, 6.45) is 0.966. The van der Waals surface area contributed by atoms with E-state index in [4.69, 9.17) is 9.73 Å². The monoisotopic (exact) mass is 515 g/mol. The van der Waals surface area contributed by atoms with E-state index in [1.807, 2.05) is 42.5 Å². The number of rotatable bonds is 6. The quantitative estimate of drug-likeness (QED) is 0.414. The van der Waals surface area contributed by atoms with E-state index in [0.29, 0.717) is 17.0 Å². The number of esters is 1. The van der Waals surface area contributed by atoms with Gasteiger partial charge in [0.1, 0.15) is 5.82 Å². The third kappa shape index (κ3) is 5.15. The Bertz CT molecular complexity index is 1370. The molecule has 1 unspecified atom stereocenters. The van der Waals surface area contributed by atoms with Crippen LogP contribution in [0.2, 0.25) is 0 Å². The first-order chi connectivity index (χ1) is 18.1. The Morgan fingerprint density at radius 2 is 1.78 bits per heavy atom. The van der Waals surface area contributed by atoms with Crippen LogP contribution in [0.5, 0.6) is 0 Å². The van der Waals surface area contributed by atoms with Gasteiger partial charge in [0.25, 0.3) is 5.91 Å². The molecule has 2 aliphatic rings. The van der Waals surface area contributed by atoms with Crippen LogP contribution in [-0.2, 0) is 9.53 Å². The molecule has 0 spiro atoms. The summed E-state index contributed by atoms with van der Waals surface area (Å²) in [7, 11) is 0. The van der Waals surface area contributed by atoms with Crippen LogP contribution >= 0.6 is 11.8 Å². The van der Waals surface area contributed by atoms with E-state index in [1.54, 1.807) is 43.0 Å². The van der Waals surface area contributed by atoms with Gasteiger partial charge in [-0.05, 0) is 43.2 Å². The zero-order valence-electron chi connectivity index (χ0n) is 20.3. The second-order valence-corrected chi connectivity index (χ2v) is 9.66. The van der Waals surface area contributed by atoms with Crippen LogP contribution in [0.3, 0.4) is 0 Å². The Hall–Kier alpha value is -3.91. The molecule has 6 nitrogen and oxygen atoms in total. The second kappa shape index (κ2) is 11.0. The Kier molecular flexibility index (Phi) is 7.37. The van der Waals surface area contributed by atoms with E-state index < -0.39 is 23.7 Å². The first-order valence-electron chi connectivity index (χ1n) is 12.2. The van der Waals surface area contributed by atoms with Crippen molar-refractivity contribution in [3.05, 3.63) is 107 Å². The van der Waals surface area contributed by atoms with Gasteiger partial charge in [-0.3, -0.25) is 4.79 Å². The predicted molar refractivity (Wildman–Crippen MR) is 145 cm³/mol. The van der Waals surface area contributed by atoms with Crippen LogP contribution in [0.1, 0.15) is 40.9 Å². The molecular formula is C29H26FN3O3S. The highest BCUT2D eigenvalue weighted by Crippen LogP contribution is 2.43. The highest BCUT2D eigenvalue weighted by Gasteiger charge is 2.39. The number of benzene rings is 3. The molecular weight excluding hydrogens is 489 g/mol. The molecule has 37 heavy (non-hydrogen) atoms. The fourth-order valence-electron chi connectivity index (χ4n) is 4.53. The molecule has 1 amide bonds. The Labute approximate surface area is 219 Å². The van der Waals surface area contributed by atoms with Gasteiger partial charge in [0.15, 0.2) is 5.17 Å². The maximum absolute atomic E-state index is 14.0. The van der Waals surface area contributed by atoms with Gasteiger partial charge in [0, 0.05) is 23.5 Å². The maximum atomic E-state index is 14.0. The van der Waals surface area contributed by atoms with Gasteiger partial charge in [0.05, 0.1) is 29.5 Å². The van der Waals surface area contributed by atoms with Gasteiger partial charge in [-0.1, -0.05) is 66.4 Å². The molecule has 188 valence electrons. The average Bonchev–Trinajstić information content (AvgIpc) is 2.93. The molecule has 2 heterocycles. The van der Waals surface area contributed by atoms with Crippen LogP contribution in [-0.4, -0.2) is 40.8 Å². The van der Waals surface area contributed by atoms with Crippen molar-refractivity contribution in [1.82, 2.24) is 4.90 Å². The van der Waals surface area contributed by atoms with Crippen LogP contribution in [0, 0.1) is 5.82 Å². The van der Waals surface area contributed by atoms with Gasteiger partial charge in [0.2, 0.25) is 0 Å². The van der Waals surface area contributed by atoms with Crippen LogP contribution in [0.15, 0.2) is 89.4 Å². The lowest BCUT2D eigenvalue weighted by molar-refractivity contribution is -0.139. The number of anilines is 1. The highest BCUT2D eigenvalue weighted by atomic mass is 32.2. The zero-order valence-corrected chi connectivity index (χ0v) is 21.1. The smallest absolute Gasteiger partial charge is 0.338 e. The number of nitrogens with one attached hydrogen (secondary N) is 1. The van der Waals surface area contributed by atoms with E-state index in [9.17, 15) is 14.0 Å². The Balaban J connectivity index is 1.53. The molecule has 0 radical (unpaired) electrons. The number of amides is 1. The maximum Gasteiger partial charge on any atom is 0.338 e. The lowest BCUT2D eigenvalue weighted by Crippen LogP contribution is -2.42. The number of ether oxygens (including phenoxy) is 1. The van der Waals surface area contributed by atoms with Crippen molar-refractivity contribution < 1.29 is 18.7 Å². The summed E-state index contributed by atoms with van der Waals surface area (Å²) in [5.74, 6) is -0.545. The summed E-state index contributed by atoms with van der Waals surface area (Å²) >= 11 is 1.68. The number of carbonyl (C=O) groups excluding carboxylic acids is 2. The van der Waals surface area contributed by atoms with Crippen LogP contribution in [0.25, 0.3) is 5.70 Å². The SMILES string of the molecule is CCOC(=O)C1=C(c2ccccc2)N=C2SCCCN2C1c1ccc(NC(=O)c2ccccc2F)cc1. The van der Waals surface area contributed by atoms with Gasteiger partial charge >= 0.3 is 5.97 Å². The molecule has 1 atom stereocenters. The molecule has 0 aromatic heterocycles. The van der Waals surface area contributed by atoms with Gasteiger partial charge < -0.3 is 15.0 Å². The second-order valence-electron chi connectivity index (χ2n) is 8.60. The molecule has 0 saturated carbocycles. The van der Waals surface area contributed by atoms with E-state index >= 15 is 0 Å². The van der Waals surface area contributed by atoms with E-state index in [2.05, 4.69) is 10.2 Å². The van der Waals surface area contributed by atoms with Gasteiger partial charge in [-0.15, -0.1) is 0 Å². The third-order valence-corrected chi connectivity index (χ3v) is 7.29. The van der Waals surface area contributed by atoms with Crippen molar-refractivity contribution in [2.45, 2.75) is 19.4 Å². The molecule has 3 aromatic carbocycles. The number of thioether (sulfide) groups is 1. The van der Waals surface area contributed by atoms with Crippen LogP contribution < -0.4 is 5.32 Å². The summed E-state index contributed by atoms with van der Waals surface area (Å²) in [6, 6.07) is 22.4. The summed E-state index contributed by atoms with van der Waals surface area (Å²) in [4.78, 5) is 33.0. The summed E-state index contributed by atoms with van der Waals surface area (Å²) in [6.45, 7) is 2.80. The fourth-order valence-corrected chi connectivity index (χ4v) is 5.50. The number of fused-ring (bicyclic) bond motifs is 1. The molecule has 0 aliphatic carbocycles. The first kappa shape index (κ1) is 24.8. The highest BCUT2D eigenvalue weighted by molar-refractivity contribution is 8.13. The van der Waals surface area contributed by atoms with E-state index in [1.165, 1.54) is 12.1 Å². The van der Waals surface area contributed by atoms with Crippen molar-refractivity contribution in [2.75, 3.05) is 24.2 Å². The fraction of sp³-hybridized carbons (Fsp3) is 0.207. The lowest BCUT2D eigenvalue weighted by Gasteiger charge is -2.41. The number of carbonyl (C=O) groups is 2. The molecule has 5 rings (SSSR count). The average molecular weight is 516 g/mol. The topological polar surface area (TPSA) is 71.0 Å². The van der Waals surface area contributed by atoms with Crippen molar-refractivity contribution in [3.63, 3.8) is 0 Å². The normalized spacial score (nSPS) is 17.1. The predicted octanol–water partition coefficient (Wildman–Crippen LogP) is 5.90. The summed E-state index contributed by atoms with van der Waals surface area (Å²) in [5, 5.41) is 3.63. The van der Waals surface area contributed by atoms with E-state index in [-0.39, 0.29) is 12.2 Å². The van der Waals surface area contributed by atoms with E-state index in [0.717, 1.165) is 35.0 Å². The van der Waals surface area contributed by atoms with Crippen molar-refractivity contribution in [1.29, 1.82) is 0 Å². The third-order valence-electron chi connectivity index (χ3n) is 6.21. The number of aliphatic imine (C=N–C) groups is 1. The summed E-state index contributed by atoms with van der Waals surface area (Å²) in [5.41, 5.74) is 3.33. The van der Waals surface area contributed by atoms with Crippen molar-refractivity contribution >= 4 is 40.2 Å². The molecule has 1 saturated heterocycles. The number of hydrogen-bond donors (Lipinski definition) is 1. The number of hydrogen-bond acceptors (Lipinski definition) is 6. The molecule has 0 bridgehead atoms. The number of nitrogens with zero attached hydrogens (tertiary/aromatic N) is 2. The molecule has 1 N–H and O–H groups in total. The van der Waals surface area contributed by atoms with Crippen molar-refractivity contribution in [2.24, 2.45) is 4.99 Å². The Morgan fingerprint density at radius 3 is 2.51 bits per heavy atom. The van der Waals surface area contributed by atoms with Gasteiger partial charge in [-0.25, -0.2) is 14.2 Å². The largest absolute Gasteiger partial charge is 0.463 e. The lowest BCUT2D eigenvalue weighted by atomic mass is 9.91. The van der Waals surface area contributed by atoms with Crippen molar-refractivity contribution in [3.8, 4) is 0 Å². The van der Waals surface area contributed by atoms with Crippen LogP contribution in [0.4, 0.5) is 10.1 Å².